The first-order chi connectivity index (χ1) is 23.4. The fourth-order valence-corrected chi connectivity index (χ4v) is 7.37. The maximum Gasteiger partial charge on any atom is 0.262 e. The molecule has 48 heavy (non-hydrogen) atoms. The van der Waals surface area contributed by atoms with Crippen LogP contribution in [-0.4, -0.2) is 76.4 Å². The molecular formula is C36H40N8O4. The number of anilines is 1. The average molecular weight is 649 g/mol. The van der Waals surface area contributed by atoms with E-state index in [-0.39, 0.29) is 24.0 Å². The van der Waals surface area contributed by atoms with Crippen LogP contribution in [0.1, 0.15) is 89.3 Å². The lowest BCUT2D eigenvalue weighted by atomic mass is 9.77. The van der Waals surface area contributed by atoms with E-state index >= 15 is 0 Å². The molecule has 3 fully saturated rings. The number of nitrogens with zero attached hydrogens (tertiary/aromatic N) is 3. The molecule has 7 rings (SSSR count). The van der Waals surface area contributed by atoms with Crippen LogP contribution in [0.3, 0.4) is 0 Å². The minimum atomic E-state index is -0.968. The molecule has 1 saturated carbocycles. The van der Waals surface area contributed by atoms with Gasteiger partial charge in [0.1, 0.15) is 6.04 Å². The Kier molecular flexibility index (Phi) is 8.98. The molecule has 0 radical (unpaired) electrons. The molecule has 1 aromatic heterocycles. The molecule has 1 atom stereocenters. The van der Waals surface area contributed by atoms with Gasteiger partial charge in [0.25, 0.3) is 11.8 Å². The van der Waals surface area contributed by atoms with Crippen molar-refractivity contribution < 1.29 is 19.2 Å². The lowest BCUT2D eigenvalue weighted by molar-refractivity contribution is -0.136. The molecule has 4 heterocycles. The number of imide groups is 2. The van der Waals surface area contributed by atoms with Gasteiger partial charge in [0.15, 0.2) is 0 Å². The molecule has 4 amide bonds. The topological polar surface area (TPSA) is 169 Å². The summed E-state index contributed by atoms with van der Waals surface area (Å²) in [6.07, 6.45) is 11.6. The van der Waals surface area contributed by atoms with Crippen molar-refractivity contribution in [2.75, 3.05) is 25.0 Å². The third kappa shape index (κ3) is 6.32. The molecule has 1 aliphatic carbocycles. The average Bonchev–Trinajstić information content (AvgIpc) is 3.33. The number of benzene rings is 2. The summed E-state index contributed by atoms with van der Waals surface area (Å²) in [5.41, 5.74) is 5.78. The summed E-state index contributed by atoms with van der Waals surface area (Å²) in [7, 11) is 0. The van der Waals surface area contributed by atoms with Crippen molar-refractivity contribution in [3.05, 3.63) is 71.2 Å². The SMILES string of the molecule is N=C/C(=C\NC1CC(CCCNc2ccc3c(c2)C(=O)N(C2CCC(=O)NC2=O)C3=O)C1)c1cnc2c(C3CCNCC3)cccc2n1. The third-order valence-corrected chi connectivity index (χ3v) is 10.1. The molecule has 0 spiro atoms. The first kappa shape index (κ1) is 31.6. The summed E-state index contributed by atoms with van der Waals surface area (Å²) in [5, 5.41) is 20.5. The normalized spacial score (nSPS) is 23.1. The van der Waals surface area contributed by atoms with E-state index in [0.717, 1.165) is 79.8 Å². The Morgan fingerprint density at radius 3 is 2.62 bits per heavy atom. The van der Waals surface area contributed by atoms with Crippen LogP contribution in [0.4, 0.5) is 5.69 Å². The van der Waals surface area contributed by atoms with Crippen molar-refractivity contribution in [2.24, 2.45) is 5.92 Å². The Morgan fingerprint density at radius 2 is 1.83 bits per heavy atom. The molecule has 12 nitrogen and oxygen atoms in total. The summed E-state index contributed by atoms with van der Waals surface area (Å²) in [6, 6.07) is 10.7. The largest absolute Gasteiger partial charge is 0.388 e. The van der Waals surface area contributed by atoms with E-state index in [1.807, 2.05) is 12.3 Å². The zero-order valence-electron chi connectivity index (χ0n) is 26.8. The molecule has 248 valence electrons. The molecule has 2 saturated heterocycles. The Balaban J connectivity index is 0.870. The van der Waals surface area contributed by atoms with Crippen molar-refractivity contribution in [1.82, 2.24) is 30.8 Å². The predicted molar refractivity (Wildman–Crippen MR) is 182 cm³/mol. The molecule has 12 heteroatoms. The number of carbonyl (C=O) groups is 4. The van der Waals surface area contributed by atoms with Gasteiger partial charge in [0.2, 0.25) is 11.8 Å². The lowest BCUT2D eigenvalue weighted by Crippen LogP contribution is -2.54. The minimum absolute atomic E-state index is 0.0933. The fourth-order valence-electron chi connectivity index (χ4n) is 7.37. The number of aromatic nitrogens is 2. The highest BCUT2D eigenvalue weighted by atomic mass is 16.2. The van der Waals surface area contributed by atoms with E-state index in [0.29, 0.717) is 29.1 Å². The highest BCUT2D eigenvalue weighted by Crippen LogP contribution is 2.33. The maximum absolute atomic E-state index is 13.1. The van der Waals surface area contributed by atoms with Gasteiger partial charge in [-0.05, 0) is 99.7 Å². The number of piperidine rings is 2. The Labute approximate surface area is 278 Å². The quantitative estimate of drug-likeness (QED) is 0.118. The summed E-state index contributed by atoms with van der Waals surface area (Å²) < 4.78 is 0. The van der Waals surface area contributed by atoms with Crippen molar-refractivity contribution in [1.29, 1.82) is 5.41 Å². The molecule has 5 N–H and O–H groups in total. The van der Waals surface area contributed by atoms with Gasteiger partial charge in [-0.15, -0.1) is 0 Å². The smallest absolute Gasteiger partial charge is 0.262 e. The van der Waals surface area contributed by atoms with Gasteiger partial charge in [-0.25, -0.2) is 4.98 Å². The number of carbonyl (C=O) groups excluding carboxylic acids is 4. The number of hydrogen-bond donors (Lipinski definition) is 5. The number of allylic oxidation sites excluding steroid dienone is 1. The Morgan fingerprint density at radius 1 is 1.02 bits per heavy atom. The molecule has 1 unspecified atom stereocenters. The molecule has 4 aliphatic rings. The number of hydrogen-bond acceptors (Lipinski definition) is 10. The second kappa shape index (κ2) is 13.6. The second-order valence-electron chi connectivity index (χ2n) is 13.2. The van der Waals surface area contributed by atoms with Crippen molar-refractivity contribution in [3.8, 4) is 0 Å². The van der Waals surface area contributed by atoms with Crippen molar-refractivity contribution in [3.63, 3.8) is 0 Å². The van der Waals surface area contributed by atoms with Crippen LogP contribution < -0.4 is 21.3 Å². The van der Waals surface area contributed by atoms with E-state index in [9.17, 15) is 19.2 Å². The molecule has 3 aromatic rings. The van der Waals surface area contributed by atoms with Gasteiger partial charge in [-0.1, -0.05) is 12.1 Å². The second-order valence-corrected chi connectivity index (χ2v) is 13.2. The number of nitrogens with one attached hydrogen (secondary N) is 5. The highest BCUT2D eigenvalue weighted by Gasteiger charge is 2.44. The predicted octanol–water partition coefficient (Wildman–Crippen LogP) is 3.75. The van der Waals surface area contributed by atoms with Gasteiger partial charge in [0.05, 0.1) is 34.1 Å². The monoisotopic (exact) mass is 648 g/mol. The zero-order valence-corrected chi connectivity index (χ0v) is 26.8. The minimum Gasteiger partial charge on any atom is -0.388 e. The van der Waals surface area contributed by atoms with Gasteiger partial charge in [-0.2, -0.15) is 0 Å². The molecular weight excluding hydrogens is 608 g/mol. The van der Waals surface area contributed by atoms with Crippen LogP contribution in [0.5, 0.6) is 0 Å². The summed E-state index contributed by atoms with van der Waals surface area (Å²) >= 11 is 0. The van der Waals surface area contributed by atoms with Crippen LogP contribution in [0.15, 0.2) is 48.8 Å². The third-order valence-electron chi connectivity index (χ3n) is 10.1. The van der Waals surface area contributed by atoms with Gasteiger partial charge in [-0.3, -0.25) is 34.4 Å². The number of amides is 4. The van der Waals surface area contributed by atoms with Crippen molar-refractivity contribution in [2.45, 2.75) is 69.4 Å². The highest BCUT2D eigenvalue weighted by molar-refractivity contribution is 6.23. The van der Waals surface area contributed by atoms with Crippen LogP contribution in [0.25, 0.3) is 16.6 Å². The summed E-state index contributed by atoms with van der Waals surface area (Å²) in [5.74, 6) is -0.909. The van der Waals surface area contributed by atoms with Crippen LogP contribution in [-0.2, 0) is 9.59 Å². The van der Waals surface area contributed by atoms with E-state index in [1.165, 1.54) is 11.8 Å². The molecule has 2 aromatic carbocycles. The van der Waals surface area contributed by atoms with E-state index < -0.39 is 29.7 Å². The number of para-hydroxylation sites is 1. The Hall–Kier alpha value is -4.97. The fraction of sp³-hybridized carbons (Fsp3) is 0.417. The first-order valence-corrected chi connectivity index (χ1v) is 16.9. The van der Waals surface area contributed by atoms with E-state index in [2.05, 4.69) is 33.4 Å². The van der Waals surface area contributed by atoms with E-state index in [1.54, 1.807) is 24.4 Å². The summed E-state index contributed by atoms with van der Waals surface area (Å²) in [6.45, 7) is 2.77. The summed E-state index contributed by atoms with van der Waals surface area (Å²) in [4.78, 5) is 60.4. The van der Waals surface area contributed by atoms with Crippen LogP contribution >= 0.6 is 0 Å². The standard InChI is InChI=1S/C36H40N8O4/c37-18-23(30-20-41-33-26(4-1-5-29(33)42-30)22-10-13-38-14-11-22)19-40-25-15-21(16-25)3-2-12-39-24-6-7-27-28(17-24)36(48)44(35(27)47)31-8-9-32(45)43-34(31)46/h1,4-7,17-22,25,31,37-40H,2-3,8-16H2,(H,43,45,46)/b23-19+,37-18?. The molecule has 0 bridgehead atoms. The first-order valence-electron chi connectivity index (χ1n) is 16.9. The lowest BCUT2D eigenvalue weighted by Gasteiger charge is -2.36. The zero-order chi connectivity index (χ0) is 33.2. The van der Waals surface area contributed by atoms with Crippen LogP contribution in [0, 0.1) is 11.3 Å². The van der Waals surface area contributed by atoms with Gasteiger partial charge >= 0.3 is 0 Å². The maximum atomic E-state index is 13.1. The van der Waals surface area contributed by atoms with Gasteiger partial charge in [0, 0.05) is 42.7 Å². The van der Waals surface area contributed by atoms with Crippen molar-refractivity contribution >= 4 is 52.1 Å². The number of fused-ring (bicyclic) bond motifs is 2. The Bertz CT molecular complexity index is 1810. The van der Waals surface area contributed by atoms with Crippen LogP contribution in [0.2, 0.25) is 0 Å². The number of rotatable bonds is 11. The van der Waals surface area contributed by atoms with Gasteiger partial charge < -0.3 is 21.4 Å². The molecule has 3 aliphatic heterocycles. The van der Waals surface area contributed by atoms with E-state index in [4.69, 9.17) is 15.4 Å².